The zero-order valence-corrected chi connectivity index (χ0v) is 11.5. The lowest BCUT2D eigenvalue weighted by atomic mass is 10.1. The number of pyridine rings is 1. The molecule has 0 aliphatic carbocycles. The van der Waals surface area contributed by atoms with Crippen LogP contribution < -0.4 is 15.4 Å². The van der Waals surface area contributed by atoms with Crippen molar-refractivity contribution in [2.24, 2.45) is 0 Å². The molecule has 22 heavy (non-hydrogen) atoms. The molecule has 0 spiro atoms. The van der Waals surface area contributed by atoms with Crippen molar-refractivity contribution >= 4 is 23.3 Å². The molecule has 6 nitrogen and oxygen atoms in total. The molecule has 2 N–H and O–H groups in total. The normalized spacial score (nSPS) is 13.5. The van der Waals surface area contributed by atoms with Gasteiger partial charge in [0.25, 0.3) is 5.91 Å². The van der Waals surface area contributed by atoms with Gasteiger partial charge in [-0.05, 0) is 36.4 Å². The second-order valence-corrected chi connectivity index (χ2v) is 4.76. The minimum atomic E-state index is -0.432. The second kappa shape index (κ2) is 5.44. The van der Waals surface area contributed by atoms with Crippen molar-refractivity contribution in [3.63, 3.8) is 0 Å². The number of nitrogens with two attached hydrogens (primary N) is 1. The highest BCUT2D eigenvalue weighted by atomic mass is 19.1. The molecule has 0 saturated carbocycles. The molecule has 2 heterocycles. The molecule has 0 fully saturated rings. The summed E-state index contributed by atoms with van der Waals surface area (Å²) in [4.78, 5) is 29.5. The molecule has 7 heteroatoms. The fourth-order valence-corrected chi connectivity index (χ4v) is 2.13. The molecule has 0 atom stereocenters. The van der Waals surface area contributed by atoms with E-state index in [-0.39, 0.29) is 36.5 Å². The van der Waals surface area contributed by atoms with Crippen LogP contribution in [0.2, 0.25) is 0 Å². The average molecular weight is 301 g/mol. The Morgan fingerprint density at radius 2 is 2.00 bits per heavy atom. The lowest BCUT2D eigenvalue weighted by Gasteiger charge is -2.27. The summed E-state index contributed by atoms with van der Waals surface area (Å²) < 4.78 is 18.1. The first-order chi connectivity index (χ1) is 10.5. The number of benzene rings is 1. The van der Waals surface area contributed by atoms with Gasteiger partial charge in [0.15, 0.2) is 24.0 Å². The van der Waals surface area contributed by atoms with Gasteiger partial charge in [0.1, 0.15) is 11.6 Å². The number of amides is 1. The third kappa shape index (κ3) is 2.60. The molecular formula is C15H12FN3O3. The van der Waals surface area contributed by atoms with E-state index in [0.717, 1.165) is 0 Å². The number of aromatic nitrogens is 1. The van der Waals surface area contributed by atoms with Gasteiger partial charge in [0.05, 0.1) is 6.54 Å². The molecule has 0 bridgehead atoms. The number of carbonyl (C=O) groups excluding carboxylic acids is 2. The van der Waals surface area contributed by atoms with E-state index in [0.29, 0.717) is 11.3 Å². The summed E-state index contributed by atoms with van der Waals surface area (Å²) in [5, 5.41) is 0. The Balaban J connectivity index is 1.88. The highest BCUT2D eigenvalue weighted by Crippen LogP contribution is 2.30. The summed E-state index contributed by atoms with van der Waals surface area (Å²) in [7, 11) is 0. The Hall–Kier alpha value is -2.96. The van der Waals surface area contributed by atoms with Crippen LogP contribution in [0.1, 0.15) is 10.4 Å². The summed E-state index contributed by atoms with van der Waals surface area (Å²) >= 11 is 0. The van der Waals surface area contributed by atoms with Crippen LogP contribution in [0.15, 0.2) is 36.4 Å². The SMILES string of the molecule is Nc1ccc2c(n1)N(CC(=O)c1ccc(F)cc1)C(=O)CO2. The number of carbonyl (C=O) groups is 2. The molecule has 0 unspecified atom stereocenters. The lowest BCUT2D eigenvalue weighted by Crippen LogP contribution is -2.42. The van der Waals surface area contributed by atoms with Gasteiger partial charge in [-0.3, -0.25) is 14.5 Å². The quantitative estimate of drug-likeness (QED) is 0.866. The molecule has 1 aromatic heterocycles. The fourth-order valence-electron chi connectivity index (χ4n) is 2.13. The number of nitrogens with zero attached hydrogens (tertiary/aromatic N) is 2. The van der Waals surface area contributed by atoms with E-state index in [1.54, 1.807) is 12.1 Å². The van der Waals surface area contributed by atoms with Crippen molar-refractivity contribution in [3.05, 3.63) is 47.8 Å². The molecule has 1 aromatic carbocycles. The third-order valence-electron chi connectivity index (χ3n) is 3.24. The van der Waals surface area contributed by atoms with Crippen LogP contribution in [0, 0.1) is 5.82 Å². The smallest absolute Gasteiger partial charge is 0.266 e. The average Bonchev–Trinajstić information content (AvgIpc) is 2.51. The molecule has 2 aromatic rings. The Labute approximate surface area is 125 Å². The maximum atomic E-state index is 12.9. The number of hydrogen-bond acceptors (Lipinski definition) is 5. The van der Waals surface area contributed by atoms with Crippen LogP contribution >= 0.6 is 0 Å². The van der Waals surface area contributed by atoms with E-state index in [2.05, 4.69) is 4.98 Å². The number of ketones is 1. The zero-order valence-electron chi connectivity index (χ0n) is 11.5. The first-order valence-electron chi connectivity index (χ1n) is 6.53. The Morgan fingerprint density at radius 1 is 1.27 bits per heavy atom. The summed E-state index contributed by atoms with van der Waals surface area (Å²) in [5.41, 5.74) is 5.93. The van der Waals surface area contributed by atoms with E-state index in [1.807, 2.05) is 0 Å². The summed E-state index contributed by atoms with van der Waals surface area (Å²) in [6.07, 6.45) is 0. The fraction of sp³-hybridized carbons (Fsp3) is 0.133. The minimum Gasteiger partial charge on any atom is -0.480 e. The molecule has 112 valence electrons. The van der Waals surface area contributed by atoms with Gasteiger partial charge in [0.2, 0.25) is 0 Å². The van der Waals surface area contributed by atoms with Crippen LogP contribution in [-0.2, 0) is 4.79 Å². The molecular weight excluding hydrogens is 289 g/mol. The lowest BCUT2D eigenvalue weighted by molar-refractivity contribution is -0.121. The van der Waals surface area contributed by atoms with Gasteiger partial charge in [-0.1, -0.05) is 0 Å². The van der Waals surface area contributed by atoms with Crippen LogP contribution in [-0.4, -0.2) is 29.8 Å². The molecule has 1 amide bonds. The van der Waals surface area contributed by atoms with Gasteiger partial charge in [0, 0.05) is 5.56 Å². The predicted molar refractivity (Wildman–Crippen MR) is 77.2 cm³/mol. The van der Waals surface area contributed by atoms with Crippen molar-refractivity contribution in [3.8, 4) is 5.75 Å². The molecule has 0 radical (unpaired) electrons. The predicted octanol–water partition coefficient (Wildman–Crippen LogP) is 1.41. The topological polar surface area (TPSA) is 85.5 Å². The molecule has 1 aliphatic rings. The Morgan fingerprint density at radius 3 is 2.73 bits per heavy atom. The number of anilines is 2. The van der Waals surface area contributed by atoms with Gasteiger partial charge >= 0.3 is 0 Å². The Kier molecular flexibility index (Phi) is 3.46. The molecule has 0 saturated heterocycles. The van der Waals surface area contributed by atoms with Crippen LogP contribution in [0.4, 0.5) is 16.0 Å². The second-order valence-electron chi connectivity index (χ2n) is 4.76. The highest BCUT2D eigenvalue weighted by Gasteiger charge is 2.29. The number of halogens is 1. The van der Waals surface area contributed by atoms with E-state index in [4.69, 9.17) is 10.5 Å². The van der Waals surface area contributed by atoms with Gasteiger partial charge in [-0.2, -0.15) is 0 Å². The number of fused-ring (bicyclic) bond motifs is 1. The largest absolute Gasteiger partial charge is 0.480 e. The number of nitrogen functional groups attached to an aromatic ring is 1. The number of Topliss-reactive ketones (excluding diaryl/α,β-unsaturated/α-hetero) is 1. The van der Waals surface area contributed by atoms with Gasteiger partial charge in [-0.25, -0.2) is 9.37 Å². The highest BCUT2D eigenvalue weighted by molar-refractivity contribution is 6.06. The monoisotopic (exact) mass is 301 g/mol. The maximum absolute atomic E-state index is 12.9. The van der Waals surface area contributed by atoms with E-state index >= 15 is 0 Å². The standard InChI is InChI=1S/C15H12FN3O3/c16-10-3-1-9(2-4-10)11(20)7-19-14(21)8-22-12-5-6-13(17)18-15(12)19/h1-6H,7-8H2,(H2,17,18). The first-order valence-corrected chi connectivity index (χ1v) is 6.53. The van der Waals surface area contributed by atoms with E-state index in [9.17, 15) is 14.0 Å². The number of hydrogen-bond donors (Lipinski definition) is 1. The number of rotatable bonds is 3. The van der Waals surface area contributed by atoms with Crippen molar-refractivity contribution in [2.75, 3.05) is 23.8 Å². The maximum Gasteiger partial charge on any atom is 0.266 e. The Bertz CT molecular complexity index is 746. The van der Waals surface area contributed by atoms with Gasteiger partial charge < -0.3 is 10.5 Å². The van der Waals surface area contributed by atoms with Crippen molar-refractivity contribution in [1.29, 1.82) is 0 Å². The van der Waals surface area contributed by atoms with Crippen molar-refractivity contribution in [2.45, 2.75) is 0 Å². The first kappa shape index (κ1) is 14.0. The molecule has 1 aliphatic heterocycles. The van der Waals surface area contributed by atoms with Crippen LogP contribution in [0.25, 0.3) is 0 Å². The van der Waals surface area contributed by atoms with Gasteiger partial charge in [-0.15, -0.1) is 0 Å². The summed E-state index contributed by atoms with van der Waals surface area (Å²) in [6.45, 7) is -0.382. The molecule has 3 rings (SSSR count). The minimum absolute atomic E-state index is 0.171. The number of ether oxygens (including phenoxy) is 1. The van der Waals surface area contributed by atoms with Crippen molar-refractivity contribution in [1.82, 2.24) is 4.98 Å². The van der Waals surface area contributed by atoms with E-state index in [1.165, 1.54) is 29.2 Å². The zero-order chi connectivity index (χ0) is 15.7. The third-order valence-corrected chi connectivity index (χ3v) is 3.24. The van der Waals surface area contributed by atoms with Crippen LogP contribution in [0.3, 0.4) is 0 Å². The van der Waals surface area contributed by atoms with E-state index < -0.39 is 5.82 Å². The van der Waals surface area contributed by atoms with Crippen LogP contribution in [0.5, 0.6) is 5.75 Å². The summed E-state index contributed by atoms with van der Waals surface area (Å²) in [5.74, 6) is -0.325. The summed E-state index contributed by atoms with van der Waals surface area (Å²) in [6, 6.07) is 8.28. The van der Waals surface area contributed by atoms with Crippen molar-refractivity contribution < 1.29 is 18.7 Å².